The molecule has 3 heteroatoms. The van der Waals surface area contributed by atoms with Crippen LogP contribution in [0.5, 0.6) is 0 Å². The number of aromatic nitrogens is 1. The van der Waals surface area contributed by atoms with Crippen LogP contribution in [0.4, 0.5) is 5.13 Å². The number of rotatable bonds is 2. The Hall–Kier alpha value is -1.35. The molecule has 1 N–H and O–H groups in total. The van der Waals surface area contributed by atoms with Gasteiger partial charge in [-0.15, -0.1) is 11.3 Å². The summed E-state index contributed by atoms with van der Waals surface area (Å²) in [4.78, 5) is 4.44. The number of hydrogen-bond acceptors (Lipinski definition) is 3. The summed E-state index contributed by atoms with van der Waals surface area (Å²) < 4.78 is 0. The van der Waals surface area contributed by atoms with Gasteiger partial charge in [0.15, 0.2) is 5.13 Å². The van der Waals surface area contributed by atoms with E-state index in [1.807, 2.05) is 7.05 Å². The third-order valence-corrected chi connectivity index (χ3v) is 2.93. The highest BCUT2D eigenvalue weighted by Crippen LogP contribution is 2.24. The zero-order valence-corrected chi connectivity index (χ0v) is 9.06. The quantitative estimate of drug-likeness (QED) is 0.812. The average molecular weight is 204 g/mol. The average Bonchev–Trinajstić information content (AvgIpc) is 2.67. The van der Waals surface area contributed by atoms with Crippen molar-refractivity contribution < 1.29 is 0 Å². The fourth-order valence-corrected chi connectivity index (χ4v) is 1.93. The minimum absolute atomic E-state index is 0.959. The number of aryl methyl sites for hydroxylation is 1. The summed E-state index contributed by atoms with van der Waals surface area (Å²) in [6.45, 7) is 2.09. The van der Waals surface area contributed by atoms with Gasteiger partial charge in [-0.25, -0.2) is 4.98 Å². The molecule has 2 nitrogen and oxygen atoms in total. The van der Waals surface area contributed by atoms with E-state index in [-0.39, 0.29) is 0 Å². The van der Waals surface area contributed by atoms with Gasteiger partial charge in [0, 0.05) is 18.0 Å². The molecule has 1 aromatic carbocycles. The van der Waals surface area contributed by atoms with E-state index in [2.05, 4.69) is 46.9 Å². The van der Waals surface area contributed by atoms with E-state index in [4.69, 9.17) is 0 Å². The minimum atomic E-state index is 0.959. The van der Waals surface area contributed by atoms with E-state index in [9.17, 15) is 0 Å². The molecule has 0 amide bonds. The molecule has 0 radical (unpaired) electrons. The number of thiazole rings is 1. The van der Waals surface area contributed by atoms with Gasteiger partial charge in [0.2, 0.25) is 0 Å². The lowest BCUT2D eigenvalue weighted by molar-refractivity contribution is 1.36. The van der Waals surface area contributed by atoms with Crippen molar-refractivity contribution in [2.45, 2.75) is 6.92 Å². The van der Waals surface area contributed by atoms with Crippen molar-refractivity contribution in [2.24, 2.45) is 0 Å². The Labute approximate surface area is 87.6 Å². The van der Waals surface area contributed by atoms with Gasteiger partial charge < -0.3 is 5.32 Å². The zero-order chi connectivity index (χ0) is 9.97. The summed E-state index contributed by atoms with van der Waals surface area (Å²) in [7, 11) is 1.89. The highest BCUT2D eigenvalue weighted by Gasteiger charge is 2.01. The van der Waals surface area contributed by atoms with E-state index >= 15 is 0 Å². The molecule has 0 aliphatic rings. The summed E-state index contributed by atoms with van der Waals surface area (Å²) in [6.07, 6.45) is 0. The van der Waals surface area contributed by atoms with Gasteiger partial charge in [0.1, 0.15) is 0 Å². The molecule has 0 unspecified atom stereocenters. The molecule has 0 spiro atoms. The maximum atomic E-state index is 4.44. The maximum Gasteiger partial charge on any atom is 0.182 e. The molecule has 0 atom stereocenters. The molecule has 1 heterocycles. The van der Waals surface area contributed by atoms with Crippen LogP contribution in [-0.4, -0.2) is 12.0 Å². The molecule has 0 saturated carbocycles. The highest BCUT2D eigenvalue weighted by molar-refractivity contribution is 7.14. The molecule has 0 aliphatic heterocycles. The van der Waals surface area contributed by atoms with Crippen molar-refractivity contribution in [3.8, 4) is 11.3 Å². The maximum absolute atomic E-state index is 4.44. The van der Waals surface area contributed by atoms with E-state index in [0.29, 0.717) is 0 Å². The standard InChI is InChI=1S/C11H12N2S/c1-8-3-5-9(6-4-8)10-7-14-11(12-2)13-10/h3-7H,1-2H3,(H,12,13). The first-order valence-corrected chi connectivity index (χ1v) is 5.38. The van der Waals surface area contributed by atoms with Crippen LogP contribution < -0.4 is 5.32 Å². The van der Waals surface area contributed by atoms with Crippen LogP contribution in [0.15, 0.2) is 29.6 Å². The predicted octanol–water partition coefficient (Wildman–Crippen LogP) is 3.16. The molecular formula is C11H12N2S. The van der Waals surface area contributed by atoms with Crippen LogP contribution in [0.3, 0.4) is 0 Å². The van der Waals surface area contributed by atoms with Crippen LogP contribution in [-0.2, 0) is 0 Å². The van der Waals surface area contributed by atoms with E-state index in [0.717, 1.165) is 10.8 Å². The Balaban J connectivity index is 2.34. The number of hydrogen-bond donors (Lipinski definition) is 1. The molecule has 14 heavy (non-hydrogen) atoms. The second-order valence-electron chi connectivity index (χ2n) is 3.15. The third kappa shape index (κ3) is 1.77. The smallest absolute Gasteiger partial charge is 0.182 e. The van der Waals surface area contributed by atoms with Gasteiger partial charge in [-0.05, 0) is 6.92 Å². The Kier molecular flexibility index (Phi) is 2.50. The Morgan fingerprint density at radius 2 is 1.93 bits per heavy atom. The third-order valence-electron chi connectivity index (χ3n) is 2.07. The van der Waals surface area contributed by atoms with Crippen LogP contribution in [0, 0.1) is 6.92 Å². The van der Waals surface area contributed by atoms with E-state index in [1.165, 1.54) is 11.1 Å². The topological polar surface area (TPSA) is 24.9 Å². The number of anilines is 1. The fraction of sp³-hybridized carbons (Fsp3) is 0.182. The SMILES string of the molecule is CNc1nc(-c2ccc(C)cc2)cs1. The van der Waals surface area contributed by atoms with Crippen molar-refractivity contribution in [1.29, 1.82) is 0 Å². The summed E-state index contributed by atoms with van der Waals surface area (Å²) in [5, 5.41) is 6.06. The first kappa shape index (κ1) is 9.21. The van der Waals surface area contributed by atoms with E-state index in [1.54, 1.807) is 11.3 Å². The second kappa shape index (κ2) is 3.80. The van der Waals surface area contributed by atoms with Gasteiger partial charge in [-0.3, -0.25) is 0 Å². The molecule has 0 saturated heterocycles. The largest absolute Gasteiger partial charge is 0.365 e. The number of nitrogens with one attached hydrogen (secondary N) is 1. The van der Waals surface area contributed by atoms with Crippen molar-refractivity contribution >= 4 is 16.5 Å². The Morgan fingerprint density at radius 1 is 1.21 bits per heavy atom. The summed E-state index contributed by atoms with van der Waals surface area (Å²) in [6, 6.07) is 8.41. The van der Waals surface area contributed by atoms with Crippen molar-refractivity contribution in [2.75, 3.05) is 12.4 Å². The highest BCUT2D eigenvalue weighted by atomic mass is 32.1. The van der Waals surface area contributed by atoms with Gasteiger partial charge in [-0.1, -0.05) is 29.8 Å². The van der Waals surface area contributed by atoms with Crippen LogP contribution >= 0.6 is 11.3 Å². The first-order chi connectivity index (χ1) is 6.79. The lowest BCUT2D eigenvalue weighted by Gasteiger charge is -1.96. The lowest BCUT2D eigenvalue weighted by Crippen LogP contribution is -1.85. The Bertz CT molecular complexity index is 417. The van der Waals surface area contributed by atoms with Gasteiger partial charge in [0.05, 0.1) is 5.69 Å². The molecule has 0 bridgehead atoms. The van der Waals surface area contributed by atoms with E-state index < -0.39 is 0 Å². The fourth-order valence-electron chi connectivity index (χ4n) is 1.25. The van der Waals surface area contributed by atoms with Gasteiger partial charge in [-0.2, -0.15) is 0 Å². The first-order valence-electron chi connectivity index (χ1n) is 4.50. The van der Waals surface area contributed by atoms with Crippen LogP contribution in [0.25, 0.3) is 11.3 Å². The minimum Gasteiger partial charge on any atom is -0.365 e. The molecule has 72 valence electrons. The molecule has 0 aliphatic carbocycles. The van der Waals surface area contributed by atoms with Crippen molar-refractivity contribution in [3.05, 3.63) is 35.2 Å². The van der Waals surface area contributed by atoms with Gasteiger partial charge >= 0.3 is 0 Å². The van der Waals surface area contributed by atoms with Crippen molar-refractivity contribution in [3.63, 3.8) is 0 Å². The summed E-state index contributed by atoms with van der Waals surface area (Å²) in [5.41, 5.74) is 3.49. The summed E-state index contributed by atoms with van der Waals surface area (Å²) >= 11 is 1.63. The predicted molar refractivity (Wildman–Crippen MR) is 61.8 cm³/mol. The molecule has 0 fully saturated rings. The van der Waals surface area contributed by atoms with Crippen molar-refractivity contribution in [1.82, 2.24) is 4.98 Å². The monoisotopic (exact) mass is 204 g/mol. The zero-order valence-electron chi connectivity index (χ0n) is 8.24. The molecule has 2 rings (SSSR count). The van der Waals surface area contributed by atoms with Crippen LogP contribution in [0.1, 0.15) is 5.56 Å². The van der Waals surface area contributed by atoms with Gasteiger partial charge in [0.25, 0.3) is 0 Å². The Morgan fingerprint density at radius 3 is 2.50 bits per heavy atom. The number of nitrogens with zero attached hydrogens (tertiary/aromatic N) is 1. The molecular weight excluding hydrogens is 192 g/mol. The lowest BCUT2D eigenvalue weighted by atomic mass is 10.1. The molecule has 2 aromatic rings. The number of benzene rings is 1. The van der Waals surface area contributed by atoms with Crippen LogP contribution in [0.2, 0.25) is 0 Å². The summed E-state index contributed by atoms with van der Waals surface area (Å²) in [5.74, 6) is 0. The normalized spacial score (nSPS) is 10.1. The second-order valence-corrected chi connectivity index (χ2v) is 4.01. The molecule has 1 aromatic heterocycles.